The third-order valence-corrected chi connectivity index (χ3v) is 5.01. The maximum atomic E-state index is 11.9. The maximum Gasteiger partial charge on any atom is 0.246 e. The van der Waals surface area contributed by atoms with E-state index in [2.05, 4.69) is 34.3 Å². The highest BCUT2D eigenvalue weighted by atomic mass is 16.2. The lowest BCUT2D eigenvalue weighted by Gasteiger charge is -2.31. The zero-order valence-electron chi connectivity index (χ0n) is 16.0. The second-order valence-electron chi connectivity index (χ2n) is 7.00. The first kappa shape index (κ1) is 18.9. The molecular weight excluding hydrogens is 338 g/mol. The molecule has 142 valence electrons. The lowest BCUT2D eigenvalue weighted by atomic mass is 9.96. The minimum Gasteiger partial charge on any atom is -0.383 e. The lowest BCUT2D eigenvalue weighted by Crippen LogP contribution is -2.39. The number of allylic oxidation sites excluding steroid dienone is 1. The van der Waals surface area contributed by atoms with Gasteiger partial charge in [0.2, 0.25) is 5.91 Å². The van der Waals surface area contributed by atoms with Crippen molar-refractivity contribution >= 4 is 17.5 Å². The first-order valence-electron chi connectivity index (χ1n) is 9.41. The van der Waals surface area contributed by atoms with Crippen LogP contribution in [0.2, 0.25) is 0 Å². The fourth-order valence-corrected chi connectivity index (χ4v) is 3.38. The normalized spacial score (nSPS) is 15.3. The number of piperidine rings is 1. The van der Waals surface area contributed by atoms with Gasteiger partial charge in [-0.1, -0.05) is 35.9 Å². The average molecular weight is 365 g/mol. The second-order valence-corrected chi connectivity index (χ2v) is 7.00. The molecule has 0 spiro atoms. The Balaban J connectivity index is 1.65. The van der Waals surface area contributed by atoms with E-state index in [1.54, 1.807) is 12.2 Å². The molecule has 1 fully saturated rings. The van der Waals surface area contributed by atoms with Crippen molar-refractivity contribution in [1.82, 2.24) is 14.9 Å². The minimum absolute atomic E-state index is 0.106. The number of carbonyl (C=O) groups excluding carboxylic acids is 1. The van der Waals surface area contributed by atoms with Crippen molar-refractivity contribution < 1.29 is 4.79 Å². The highest BCUT2D eigenvalue weighted by Gasteiger charge is 2.22. The summed E-state index contributed by atoms with van der Waals surface area (Å²) >= 11 is 0. The molecule has 0 radical (unpaired) electrons. The molecule has 1 aliphatic heterocycles. The summed E-state index contributed by atoms with van der Waals surface area (Å²) in [6.07, 6.45) is 6.89. The summed E-state index contributed by atoms with van der Waals surface area (Å²) in [5, 5.41) is 3.46. The van der Waals surface area contributed by atoms with Gasteiger partial charge in [-0.2, -0.15) is 0 Å². The highest BCUT2D eigenvalue weighted by molar-refractivity contribution is 5.87. The van der Waals surface area contributed by atoms with E-state index in [0.717, 1.165) is 49.4 Å². The van der Waals surface area contributed by atoms with Crippen molar-refractivity contribution in [3.05, 3.63) is 48.3 Å². The van der Waals surface area contributed by atoms with E-state index < -0.39 is 0 Å². The van der Waals surface area contributed by atoms with Crippen molar-refractivity contribution in [3.8, 4) is 11.1 Å². The number of benzene rings is 1. The number of rotatable bonds is 5. The van der Waals surface area contributed by atoms with Gasteiger partial charge in [0.05, 0.1) is 5.56 Å². The van der Waals surface area contributed by atoms with E-state index in [-0.39, 0.29) is 5.91 Å². The minimum atomic E-state index is 0.106. The van der Waals surface area contributed by atoms with Gasteiger partial charge in [-0.25, -0.2) is 9.97 Å². The molecule has 3 rings (SSSR count). The molecule has 1 saturated heterocycles. The van der Waals surface area contributed by atoms with Gasteiger partial charge in [0.1, 0.15) is 18.0 Å². The SMILES string of the molecule is C/C=C\C(=O)N1CCC(CNc2ncnc(N)c2-c2ccc(C)cc2)CC1. The van der Waals surface area contributed by atoms with Gasteiger partial charge in [-0.05, 0) is 44.2 Å². The van der Waals surface area contributed by atoms with Gasteiger partial charge in [-0.15, -0.1) is 0 Å². The van der Waals surface area contributed by atoms with Crippen LogP contribution in [0.5, 0.6) is 0 Å². The number of hydrogen-bond donors (Lipinski definition) is 2. The molecule has 0 atom stereocenters. The van der Waals surface area contributed by atoms with Gasteiger partial charge in [0.15, 0.2) is 0 Å². The number of aromatic nitrogens is 2. The van der Waals surface area contributed by atoms with Crippen molar-refractivity contribution in [2.75, 3.05) is 30.7 Å². The van der Waals surface area contributed by atoms with Gasteiger partial charge in [-0.3, -0.25) is 4.79 Å². The molecule has 1 aromatic heterocycles. The number of aryl methyl sites for hydroxylation is 1. The number of amides is 1. The van der Waals surface area contributed by atoms with Crippen LogP contribution in [0.3, 0.4) is 0 Å². The van der Waals surface area contributed by atoms with Crippen LogP contribution in [-0.2, 0) is 4.79 Å². The Hall–Kier alpha value is -2.89. The van der Waals surface area contributed by atoms with Crippen LogP contribution >= 0.6 is 0 Å². The van der Waals surface area contributed by atoms with E-state index in [9.17, 15) is 4.79 Å². The van der Waals surface area contributed by atoms with Gasteiger partial charge in [0, 0.05) is 19.6 Å². The second kappa shape index (κ2) is 8.66. The summed E-state index contributed by atoms with van der Waals surface area (Å²) in [4.78, 5) is 22.4. The number of carbonyl (C=O) groups is 1. The number of hydrogen-bond acceptors (Lipinski definition) is 5. The predicted octanol–water partition coefficient (Wildman–Crippen LogP) is 3.26. The molecule has 0 bridgehead atoms. The molecule has 6 nitrogen and oxygen atoms in total. The first-order chi connectivity index (χ1) is 13.1. The van der Waals surface area contributed by atoms with Crippen LogP contribution in [0.15, 0.2) is 42.7 Å². The summed E-state index contributed by atoms with van der Waals surface area (Å²) in [7, 11) is 0. The summed E-state index contributed by atoms with van der Waals surface area (Å²) in [5.74, 6) is 1.85. The van der Waals surface area contributed by atoms with Crippen molar-refractivity contribution in [2.24, 2.45) is 5.92 Å². The topological polar surface area (TPSA) is 84.1 Å². The number of nitrogens with two attached hydrogens (primary N) is 1. The molecule has 1 aliphatic rings. The zero-order valence-corrected chi connectivity index (χ0v) is 16.0. The van der Waals surface area contributed by atoms with E-state index >= 15 is 0 Å². The predicted molar refractivity (Wildman–Crippen MR) is 109 cm³/mol. The fourth-order valence-electron chi connectivity index (χ4n) is 3.38. The summed E-state index contributed by atoms with van der Waals surface area (Å²) < 4.78 is 0. The summed E-state index contributed by atoms with van der Waals surface area (Å²) in [6.45, 7) is 6.33. The number of anilines is 2. The molecule has 0 aliphatic carbocycles. The molecule has 1 amide bonds. The monoisotopic (exact) mass is 365 g/mol. The van der Waals surface area contributed by atoms with E-state index in [4.69, 9.17) is 5.73 Å². The Kier molecular flexibility index (Phi) is 6.06. The third-order valence-electron chi connectivity index (χ3n) is 5.01. The summed E-state index contributed by atoms with van der Waals surface area (Å²) in [6, 6.07) is 8.20. The Labute approximate surface area is 160 Å². The standard InChI is InChI=1S/C21H27N5O/c1-3-4-18(27)26-11-9-16(10-12-26)13-23-21-19(20(22)24-14-25-21)17-7-5-15(2)6-8-17/h3-8,14,16H,9-13H2,1-2H3,(H3,22,23,24,25)/b4-3-. The smallest absolute Gasteiger partial charge is 0.246 e. The van der Waals surface area contributed by atoms with Gasteiger partial charge < -0.3 is 16.0 Å². The Morgan fingerprint density at radius 3 is 2.63 bits per heavy atom. The molecule has 3 N–H and O–H groups in total. The van der Waals surface area contributed by atoms with E-state index in [1.165, 1.54) is 11.9 Å². The van der Waals surface area contributed by atoms with Crippen LogP contribution in [0.4, 0.5) is 11.6 Å². The molecule has 1 aromatic carbocycles. The number of nitrogens with zero attached hydrogens (tertiary/aromatic N) is 3. The zero-order chi connectivity index (χ0) is 19.2. The van der Waals surface area contributed by atoms with Crippen LogP contribution < -0.4 is 11.1 Å². The van der Waals surface area contributed by atoms with Gasteiger partial charge in [0.25, 0.3) is 0 Å². The number of likely N-dealkylation sites (tertiary alicyclic amines) is 1. The molecule has 27 heavy (non-hydrogen) atoms. The quantitative estimate of drug-likeness (QED) is 0.795. The van der Waals surface area contributed by atoms with Crippen molar-refractivity contribution in [2.45, 2.75) is 26.7 Å². The van der Waals surface area contributed by atoms with Crippen molar-refractivity contribution in [1.29, 1.82) is 0 Å². The maximum absolute atomic E-state index is 11.9. The number of nitrogens with one attached hydrogen (secondary N) is 1. The van der Waals surface area contributed by atoms with Crippen LogP contribution in [0.25, 0.3) is 11.1 Å². The summed E-state index contributed by atoms with van der Waals surface area (Å²) in [5.41, 5.74) is 9.19. The van der Waals surface area contributed by atoms with Crippen molar-refractivity contribution in [3.63, 3.8) is 0 Å². The first-order valence-corrected chi connectivity index (χ1v) is 9.41. The van der Waals surface area contributed by atoms with Crippen LogP contribution in [-0.4, -0.2) is 40.4 Å². The third kappa shape index (κ3) is 4.64. The molecule has 2 heterocycles. The fraction of sp³-hybridized carbons (Fsp3) is 0.381. The molecular formula is C21H27N5O. The number of nitrogen functional groups attached to an aromatic ring is 1. The average Bonchev–Trinajstić information content (AvgIpc) is 2.68. The molecule has 0 saturated carbocycles. The Morgan fingerprint density at radius 1 is 1.26 bits per heavy atom. The largest absolute Gasteiger partial charge is 0.383 e. The Bertz CT molecular complexity index is 808. The highest BCUT2D eigenvalue weighted by Crippen LogP contribution is 2.31. The van der Waals surface area contributed by atoms with Gasteiger partial charge >= 0.3 is 0 Å². The Morgan fingerprint density at radius 2 is 1.96 bits per heavy atom. The van der Waals surface area contributed by atoms with E-state index in [0.29, 0.717) is 11.7 Å². The lowest BCUT2D eigenvalue weighted by molar-refractivity contribution is -0.127. The molecule has 0 unspecified atom stereocenters. The van der Waals surface area contributed by atoms with Crippen LogP contribution in [0, 0.1) is 12.8 Å². The van der Waals surface area contributed by atoms with E-state index in [1.807, 2.05) is 24.0 Å². The molecule has 2 aromatic rings. The van der Waals surface area contributed by atoms with Crippen LogP contribution in [0.1, 0.15) is 25.3 Å². The molecule has 6 heteroatoms.